The molecule has 0 spiro atoms. The van der Waals surface area contributed by atoms with Crippen molar-refractivity contribution in [2.45, 2.75) is 37.1 Å². The molecule has 0 amide bonds. The van der Waals surface area contributed by atoms with E-state index < -0.39 is 0 Å². The van der Waals surface area contributed by atoms with Gasteiger partial charge in [-0.15, -0.1) is 16.9 Å². The molecule has 1 aromatic heterocycles. The Morgan fingerprint density at radius 2 is 2.06 bits per heavy atom. The van der Waals surface area contributed by atoms with Crippen LogP contribution in [0.15, 0.2) is 41.6 Å². The molecule has 90 valence electrons. The van der Waals surface area contributed by atoms with E-state index in [2.05, 4.69) is 41.5 Å². The number of benzene rings is 1. The van der Waals surface area contributed by atoms with Crippen molar-refractivity contribution < 1.29 is 0 Å². The van der Waals surface area contributed by atoms with E-state index >= 15 is 0 Å². The van der Waals surface area contributed by atoms with E-state index in [1.807, 2.05) is 16.9 Å². The van der Waals surface area contributed by atoms with Gasteiger partial charge < -0.3 is 0 Å². The van der Waals surface area contributed by atoms with Gasteiger partial charge in [-0.05, 0) is 12.0 Å². The number of aromatic nitrogens is 3. The summed E-state index contributed by atoms with van der Waals surface area (Å²) in [5.74, 6) is 0.973. The first-order valence-electron chi connectivity index (χ1n) is 5.95. The van der Waals surface area contributed by atoms with Crippen LogP contribution in [-0.4, -0.2) is 15.0 Å². The van der Waals surface area contributed by atoms with Crippen LogP contribution in [0.25, 0.3) is 0 Å². The molecule has 4 heteroatoms. The highest BCUT2D eigenvalue weighted by atomic mass is 32.2. The molecule has 0 N–H and O–H groups in total. The van der Waals surface area contributed by atoms with Crippen LogP contribution in [0, 0.1) is 0 Å². The fourth-order valence-corrected chi connectivity index (χ4v) is 2.46. The van der Waals surface area contributed by atoms with E-state index in [1.54, 1.807) is 11.8 Å². The summed E-state index contributed by atoms with van der Waals surface area (Å²) in [7, 11) is 0. The maximum Gasteiger partial charge on any atom is 0.115 e. The van der Waals surface area contributed by atoms with Crippen molar-refractivity contribution in [2.24, 2.45) is 0 Å². The van der Waals surface area contributed by atoms with E-state index in [0.717, 1.165) is 23.7 Å². The minimum Gasteiger partial charge on any atom is -0.239 e. The van der Waals surface area contributed by atoms with Gasteiger partial charge in [-0.25, -0.2) is 4.68 Å². The van der Waals surface area contributed by atoms with E-state index in [9.17, 15) is 0 Å². The number of thioether (sulfide) groups is 1. The molecule has 0 aliphatic heterocycles. The molecule has 3 nitrogen and oxygen atoms in total. The van der Waals surface area contributed by atoms with Gasteiger partial charge in [-0.2, -0.15) is 0 Å². The first-order valence-corrected chi connectivity index (χ1v) is 6.94. The van der Waals surface area contributed by atoms with E-state index in [1.165, 1.54) is 12.0 Å². The number of hydrogen-bond acceptors (Lipinski definition) is 3. The monoisotopic (exact) mass is 247 g/mol. The van der Waals surface area contributed by atoms with Crippen LogP contribution < -0.4 is 0 Å². The molecule has 0 saturated heterocycles. The van der Waals surface area contributed by atoms with Gasteiger partial charge in [0.1, 0.15) is 5.03 Å². The summed E-state index contributed by atoms with van der Waals surface area (Å²) in [4.78, 5) is 0. The summed E-state index contributed by atoms with van der Waals surface area (Å²) in [6.07, 6.45) is 4.19. The number of unbranched alkanes of at least 4 members (excludes halogenated alkanes) is 1. The van der Waals surface area contributed by atoms with Gasteiger partial charge in [0, 0.05) is 12.3 Å². The van der Waals surface area contributed by atoms with Crippen molar-refractivity contribution in [3.8, 4) is 0 Å². The van der Waals surface area contributed by atoms with E-state index in [4.69, 9.17) is 0 Å². The van der Waals surface area contributed by atoms with Crippen LogP contribution in [0.2, 0.25) is 0 Å². The third-order valence-electron chi connectivity index (χ3n) is 2.54. The molecule has 2 rings (SSSR count). The molecule has 0 atom stereocenters. The highest BCUT2D eigenvalue weighted by molar-refractivity contribution is 7.98. The predicted octanol–water partition coefficient (Wildman–Crippen LogP) is 3.37. The van der Waals surface area contributed by atoms with Crippen LogP contribution in [0.4, 0.5) is 0 Å². The lowest BCUT2D eigenvalue weighted by Gasteiger charge is -2.04. The van der Waals surface area contributed by atoms with Gasteiger partial charge in [-0.1, -0.05) is 48.9 Å². The summed E-state index contributed by atoms with van der Waals surface area (Å²) in [6.45, 7) is 3.15. The number of nitrogens with zero attached hydrogens (tertiary/aromatic N) is 3. The average molecular weight is 247 g/mol. The van der Waals surface area contributed by atoms with Crippen LogP contribution >= 0.6 is 11.8 Å². The van der Waals surface area contributed by atoms with Crippen molar-refractivity contribution in [3.05, 3.63) is 42.1 Å². The van der Waals surface area contributed by atoms with E-state index in [0.29, 0.717) is 0 Å². The first kappa shape index (κ1) is 12.2. The molecule has 0 unspecified atom stereocenters. The van der Waals surface area contributed by atoms with Crippen molar-refractivity contribution in [1.29, 1.82) is 0 Å². The molecule has 0 saturated carbocycles. The Bertz CT molecular complexity index is 439. The molecule has 1 aromatic carbocycles. The largest absolute Gasteiger partial charge is 0.239 e. The summed E-state index contributed by atoms with van der Waals surface area (Å²) >= 11 is 1.80. The van der Waals surface area contributed by atoms with Crippen LogP contribution in [-0.2, 0) is 12.3 Å². The molecular formula is C13H17N3S. The molecule has 2 aromatic rings. The third kappa shape index (κ3) is 3.60. The number of hydrogen-bond donors (Lipinski definition) is 0. The van der Waals surface area contributed by atoms with Crippen LogP contribution in [0.1, 0.15) is 25.3 Å². The zero-order valence-corrected chi connectivity index (χ0v) is 10.9. The minimum atomic E-state index is 0.966. The lowest BCUT2D eigenvalue weighted by atomic mass is 10.2. The maximum atomic E-state index is 4.11. The maximum absolute atomic E-state index is 4.11. The van der Waals surface area contributed by atoms with Gasteiger partial charge >= 0.3 is 0 Å². The second-order valence-corrected chi connectivity index (χ2v) is 4.92. The fraction of sp³-hybridized carbons (Fsp3) is 0.385. The Kier molecular flexibility index (Phi) is 4.62. The molecule has 0 bridgehead atoms. The van der Waals surface area contributed by atoms with Gasteiger partial charge in [0.25, 0.3) is 0 Å². The lowest BCUT2D eigenvalue weighted by molar-refractivity contribution is 0.519. The smallest absolute Gasteiger partial charge is 0.115 e. The van der Waals surface area contributed by atoms with Crippen molar-refractivity contribution in [1.82, 2.24) is 15.0 Å². The lowest BCUT2D eigenvalue weighted by Crippen LogP contribution is -2.01. The Balaban J connectivity index is 1.92. The molecular weight excluding hydrogens is 230 g/mol. The zero-order valence-electron chi connectivity index (χ0n) is 10.0. The third-order valence-corrected chi connectivity index (χ3v) is 3.62. The van der Waals surface area contributed by atoms with Crippen LogP contribution in [0.3, 0.4) is 0 Å². The van der Waals surface area contributed by atoms with Gasteiger partial charge in [-0.3, -0.25) is 0 Å². The Hall–Kier alpha value is -1.29. The standard InChI is InChI=1S/C13H17N3S/c1-2-3-9-16-13(10-14-15-16)17-11-12-7-5-4-6-8-12/h4-8,10H,2-3,9,11H2,1H3. The summed E-state index contributed by atoms with van der Waals surface area (Å²) in [6, 6.07) is 10.5. The van der Waals surface area contributed by atoms with Crippen molar-refractivity contribution in [3.63, 3.8) is 0 Å². The molecule has 0 radical (unpaired) electrons. The molecule has 0 aliphatic rings. The average Bonchev–Trinajstić information content (AvgIpc) is 2.82. The fourth-order valence-electron chi connectivity index (χ4n) is 1.55. The highest BCUT2D eigenvalue weighted by Gasteiger charge is 2.04. The second kappa shape index (κ2) is 6.45. The summed E-state index contributed by atoms with van der Waals surface area (Å²) in [5.41, 5.74) is 1.33. The second-order valence-electron chi connectivity index (χ2n) is 3.92. The van der Waals surface area contributed by atoms with Crippen molar-refractivity contribution >= 4 is 11.8 Å². The SMILES string of the molecule is CCCCn1nncc1SCc1ccccc1. The topological polar surface area (TPSA) is 30.7 Å². The number of aryl methyl sites for hydroxylation is 1. The minimum absolute atomic E-state index is 0.966. The summed E-state index contributed by atoms with van der Waals surface area (Å²) in [5, 5.41) is 9.25. The Morgan fingerprint density at radius 3 is 2.82 bits per heavy atom. The zero-order chi connectivity index (χ0) is 11.9. The molecule has 0 aliphatic carbocycles. The van der Waals surface area contributed by atoms with Gasteiger partial charge in [0.2, 0.25) is 0 Å². The predicted molar refractivity (Wildman–Crippen MR) is 70.9 cm³/mol. The van der Waals surface area contributed by atoms with Gasteiger partial charge in [0.15, 0.2) is 0 Å². The molecule has 0 fully saturated rings. The number of rotatable bonds is 6. The molecule has 1 heterocycles. The van der Waals surface area contributed by atoms with E-state index in [-0.39, 0.29) is 0 Å². The highest BCUT2D eigenvalue weighted by Crippen LogP contribution is 2.21. The molecule has 17 heavy (non-hydrogen) atoms. The first-order chi connectivity index (χ1) is 8.40. The normalized spacial score (nSPS) is 10.6. The Morgan fingerprint density at radius 1 is 1.24 bits per heavy atom. The quantitative estimate of drug-likeness (QED) is 0.733. The van der Waals surface area contributed by atoms with Crippen LogP contribution in [0.5, 0.6) is 0 Å². The van der Waals surface area contributed by atoms with Crippen molar-refractivity contribution in [2.75, 3.05) is 0 Å². The van der Waals surface area contributed by atoms with Gasteiger partial charge in [0.05, 0.1) is 6.20 Å². The summed E-state index contributed by atoms with van der Waals surface area (Å²) < 4.78 is 2.00. The Labute approximate surface area is 106 Å².